The van der Waals surface area contributed by atoms with Crippen molar-refractivity contribution in [2.45, 2.75) is 41.2 Å². The van der Waals surface area contributed by atoms with Gasteiger partial charge in [-0.1, -0.05) is 32.0 Å². The minimum Gasteiger partial charge on any atom is -0.490 e. The predicted molar refractivity (Wildman–Crippen MR) is 110 cm³/mol. The van der Waals surface area contributed by atoms with E-state index in [-0.39, 0.29) is 18.8 Å². The van der Waals surface area contributed by atoms with E-state index in [0.29, 0.717) is 5.92 Å². The molecule has 0 amide bonds. The van der Waals surface area contributed by atoms with Crippen LogP contribution in [0.1, 0.15) is 36.4 Å². The van der Waals surface area contributed by atoms with Crippen LogP contribution in [0.3, 0.4) is 0 Å². The van der Waals surface area contributed by atoms with Gasteiger partial charge in [-0.15, -0.1) is 0 Å². The fourth-order valence-electron chi connectivity index (χ4n) is 2.99. The summed E-state index contributed by atoms with van der Waals surface area (Å²) in [5.74, 6) is 0.631. The molecule has 0 unspecified atom stereocenters. The number of carbonyl (C=O) groups is 1. The number of hydrogen-bond acceptors (Lipinski definition) is 4. The highest BCUT2D eigenvalue weighted by Gasteiger charge is 2.14. The van der Waals surface area contributed by atoms with Gasteiger partial charge in [-0.25, -0.2) is 4.79 Å². The number of aryl methyl sites for hydroxylation is 2. The molecule has 1 heterocycles. The van der Waals surface area contributed by atoms with Gasteiger partial charge >= 0.3 is 5.97 Å². The van der Waals surface area contributed by atoms with Crippen LogP contribution in [0, 0.1) is 38.0 Å². The topological polar surface area (TPSA) is 64.2 Å². The molecule has 0 bridgehead atoms. The van der Waals surface area contributed by atoms with Gasteiger partial charge in [-0.2, -0.15) is 5.26 Å². The fraction of sp³-hybridized carbons (Fsp3) is 0.391. The second-order valence-electron chi connectivity index (χ2n) is 7.25. The Morgan fingerprint density at radius 2 is 1.93 bits per heavy atom. The van der Waals surface area contributed by atoms with Crippen LogP contribution in [0.15, 0.2) is 35.9 Å². The number of nitrogens with zero attached hydrogens (tertiary/aromatic N) is 2. The Morgan fingerprint density at radius 3 is 2.57 bits per heavy atom. The average Bonchev–Trinajstić information content (AvgIpc) is 2.91. The molecule has 0 atom stereocenters. The molecule has 0 aliphatic rings. The quantitative estimate of drug-likeness (QED) is 0.291. The van der Waals surface area contributed by atoms with Crippen molar-refractivity contribution < 1.29 is 14.3 Å². The van der Waals surface area contributed by atoms with E-state index in [9.17, 15) is 10.1 Å². The van der Waals surface area contributed by atoms with E-state index in [1.165, 1.54) is 0 Å². The number of benzene rings is 1. The van der Waals surface area contributed by atoms with Crippen molar-refractivity contribution >= 4 is 12.0 Å². The first kappa shape index (κ1) is 21.3. The fourth-order valence-corrected chi connectivity index (χ4v) is 2.99. The van der Waals surface area contributed by atoms with Gasteiger partial charge in [0, 0.05) is 17.9 Å². The van der Waals surface area contributed by atoms with Crippen LogP contribution in [-0.2, 0) is 16.1 Å². The Balaban J connectivity index is 2.00. The maximum Gasteiger partial charge on any atom is 0.349 e. The van der Waals surface area contributed by atoms with Gasteiger partial charge in [-0.05, 0) is 56.0 Å². The lowest BCUT2D eigenvalue weighted by molar-refractivity contribution is -0.139. The van der Waals surface area contributed by atoms with Gasteiger partial charge in [0.1, 0.15) is 30.6 Å². The number of aromatic nitrogens is 1. The van der Waals surface area contributed by atoms with Gasteiger partial charge in [0.25, 0.3) is 0 Å². The molecular weight excluding hydrogens is 352 g/mol. The summed E-state index contributed by atoms with van der Waals surface area (Å²) in [4.78, 5) is 12.3. The van der Waals surface area contributed by atoms with E-state index in [0.717, 1.165) is 34.8 Å². The molecule has 5 nitrogen and oxygen atoms in total. The van der Waals surface area contributed by atoms with Crippen molar-refractivity contribution in [1.82, 2.24) is 4.57 Å². The van der Waals surface area contributed by atoms with Gasteiger partial charge in [0.15, 0.2) is 0 Å². The van der Waals surface area contributed by atoms with E-state index >= 15 is 0 Å². The summed E-state index contributed by atoms with van der Waals surface area (Å²) in [5.41, 5.74) is 4.01. The molecule has 0 saturated heterocycles. The molecule has 0 spiro atoms. The molecule has 0 aliphatic heterocycles. The number of carbonyl (C=O) groups excluding carboxylic acids is 1. The van der Waals surface area contributed by atoms with Crippen LogP contribution in [0.5, 0.6) is 5.75 Å². The molecule has 1 aromatic carbocycles. The molecule has 148 valence electrons. The molecule has 0 aliphatic carbocycles. The first-order valence-electron chi connectivity index (χ1n) is 9.47. The van der Waals surface area contributed by atoms with Gasteiger partial charge < -0.3 is 14.0 Å². The van der Waals surface area contributed by atoms with Gasteiger partial charge in [-0.3, -0.25) is 0 Å². The maximum absolute atomic E-state index is 12.3. The Morgan fingerprint density at radius 1 is 1.21 bits per heavy atom. The summed E-state index contributed by atoms with van der Waals surface area (Å²) in [6.45, 7) is 11.5. The zero-order valence-electron chi connectivity index (χ0n) is 17.3. The van der Waals surface area contributed by atoms with Crippen LogP contribution in [0.25, 0.3) is 6.08 Å². The summed E-state index contributed by atoms with van der Waals surface area (Å²) in [7, 11) is 0. The lowest BCUT2D eigenvalue weighted by atomic mass is 10.1. The highest BCUT2D eigenvalue weighted by molar-refractivity contribution is 5.98. The third-order valence-electron chi connectivity index (χ3n) is 4.47. The molecule has 28 heavy (non-hydrogen) atoms. The van der Waals surface area contributed by atoms with Crippen LogP contribution in [0.2, 0.25) is 0 Å². The number of hydrogen-bond donors (Lipinski definition) is 0. The normalized spacial score (nSPS) is 11.4. The first-order chi connectivity index (χ1) is 13.3. The smallest absolute Gasteiger partial charge is 0.349 e. The zero-order chi connectivity index (χ0) is 20.7. The minimum absolute atomic E-state index is 0.0133. The predicted octanol–water partition coefficient (Wildman–Crippen LogP) is 4.60. The van der Waals surface area contributed by atoms with Crippen molar-refractivity contribution in [3.63, 3.8) is 0 Å². The van der Waals surface area contributed by atoms with Crippen molar-refractivity contribution in [1.29, 1.82) is 5.26 Å². The number of rotatable bonds is 8. The van der Waals surface area contributed by atoms with Gasteiger partial charge in [0.05, 0.1) is 0 Å². The summed E-state index contributed by atoms with van der Waals surface area (Å²) in [6, 6.07) is 11.6. The van der Waals surface area contributed by atoms with Crippen molar-refractivity contribution in [2.75, 3.05) is 13.2 Å². The van der Waals surface area contributed by atoms with E-state index < -0.39 is 5.97 Å². The van der Waals surface area contributed by atoms with E-state index in [4.69, 9.17) is 9.47 Å². The third-order valence-corrected chi connectivity index (χ3v) is 4.47. The second kappa shape index (κ2) is 9.80. The molecular formula is C23H28N2O3. The third kappa shape index (κ3) is 5.50. The van der Waals surface area contributed by atoms with Crippen molar-refractivity contribution in [3.05, 3.63) is 58.4 Å². The average molecular weight is 380 g/mol. The van der Waals surface area contributed by atoms with Crippen LogP contribution >= 0.6 is 0 Å². The Kier molecular flexibility index (Phi) is 7.45. The lowest BCUT2D eigenvalue weighted by Gasteiger charge is -2.12. The monoisotopic (exact) mass is 380 g/mol. The summed E-state index contributed by atoms with van der Waals surface area (Å²) in [6.07, 6.45) is 1.60. The van der Waals surface area contributed by atoms with Crippen LogP contribution in [-0.4, -0.2) is 23.8 Å². The number of nitriles is 1. The Bertz CT molecular complexity index is 901. The molecule has 0 fully saturated rings. The van der Waals surface area contributed by atoms with E-state index in [1.807, 2.05) is 57.2 Å². The summed E-state index contributed by atoms with van der Waals surface area (Å²) in [5, 5.41) is 9.38. The van der Waals surface area contributed by atoms with Crippen molar-refractivity contribution in [3.8, 4) is 11.8 Å². The molecule has 0 N–H and O–H groups in total. The lowest BCUT2D eigenvalue weighted by Crippen LogP contribution is -2.13. The van der Waals surface area contributed by atoms with Crippen molar-refractivity contribution in [2.24, 2.45) is 5.92 Å². The number of ether oxygens (including phenoxy) is 2. The highest BCUT2D eigenvalue weighted by atomic mass is 16.6. The number of esters is 1. The first-order valence-corrected chi connectivity index (χ1v) is 9.47. The second-order valence-corrected chi connectivity index (χ2v) is 7.25. The van der Waals surface area contributed by atoms with E-state index in [2.05, 4.69) is 18.4 Å². The minimum atomic E-state index is -0.635. The summed E-state index contributed by atoms with van der Waals surface area (Å²) >= 11 is 0. The van der Waals surface area contributed by atoms with Gasteiger partial charge in [0.2, 0.25) is 0 Å². The molecule has 2 aromatic rings. The molecule has 0 saturated carbocycles. The Hall–Kier alpha value is -3.00. The standard InChI is InChI=1S/C23H28N2O3/c1-16(2)15-25-18(4)12-20(19(25)5)13-21(14-24)23(26)28-11-10-27-22-9-7-6-8-17(22)3/h6-9,12-13,16H,10-11,15H2,1-5H3/b21-13+. The SMILES string of the molecule is Cc1ccccc1OCCOC(=O)/C(C#N)=C/c1cc(C)n(CC(C)C)c1C. The van der Waals surface area contributed by atoms with Crippen LogP contribution in [0.4, 0.5) is 0 Å². The zero-order valence-corrected chi connectivity index (χ0v) is 17.3. The Labute approximate surface area is 167 Å². The van der Waals surface area contributed by atoms with E-state index in [1.54, 1.807) is 6.08 Å². The van der Waals surface area contributed by atoms with Crippen LogP contribution < -0.4 is 4.74 Å². The molecule has 0 radical (unpaired) electrons. The molecule has 5 heteroatoms. The maximum atomic E-state index is 12.3. The number of para-hydroxylation sites is 1. The summed E-state index contributed by atoms with van der Waals surface area (Å²) < 4.78 is 13.0. The highest BCUT2D eigenvalue weighted by Crippen LogP contribution is 2.20. The molecule has 2 rings (SSSR count). The largest absolute Gasteiger partial charge is 0.490 e. The molecule has 1 aromatic heterocycles.